The van der Waals surface area contributed by atoms with Gasteiger partial charge < -0.3 is 10.5 Å². The summed E-state index contributed by atoms with van der Waals surface area (Å²) in [5.74, 6) is 0.947. The Morgan fingerprint density at radius 3 is 2.76 bits per heavy atom. The molecule has 3 atom stereocenters. The molecule has 0 heterocycles. The minimum Gasteiger partial charge on any atom is -0.490 e. The quantitative estimate of drug-likeness (QED) is 0.924. The van der Waals surface area contributed by atoms with Crippen molar-refractivity contribution in [2.24, 2.45) is 11.1 Å². The van der Waals surface area contributed by atoms with Crippen molar-refractivity contribution < 1.29 is 4.74 Å². The van der Waals surface area contributed by atoms with Crippen LogP contribution in [0, 0.1) is 12.3 Å². The van der Waals surface area contributed by atoms with Crippen molar-refractivity contribution in [3.8, 4) is 5.75 Å². The van der Waals surface area contributed by atoms with E-state index in [0.29, 0.717) is 0 Å². The Labute approximate surface area is 112 Å². The molecule has 1 aromatic carbocycles. The average molecular weight is 298 g/mol. The normalized spacial score (nSPS) is 32.1. The van der Waals surface area contributed by atoms with Gasteiger partial charge in [-0.25, -0.2) is 0 Å². The van der Waals surface area contributed by atoms with E-state index in [2.05, 4.69) is 42.8 Å². The molecule has 2 nitrogen and oxygen atoms in total. The van der Waals surface area contributed by atoms with E-state index < -0.39 is 0 Å². The highest BCUT2D eigenvalue weighted by atomic mass is 79.9. The molecule has 0 radical (unpaired) electrons. The molecule has 0 saturated heterocycles. The lowest BCUT2D eigenvalue weighted by Crippen LogP contribution is -2.61. The molecule has 1 aromatic rings. The first-order valence-corrected chi connectivity index (χ1v) is 6.95. The summed E-state index contributed by atoms with van der Waals surface area (Å²) < 4.78 is 7.18. The lowest BCUT2D eigenvalue weighted by atomic mass is 9.62. The maximum atomic E-state index is 6.08. The maximum absolute atomic E-state index is 6.08. The van der Waals surface area contributed by atoms with Crippen LogP contribution in [0.5, 0.6) is 5.75 Å². The number of ether oxygens (including phenoxy) is 1. The van der Waals surface area contributed by atoms with E-state index in [1.54, 1.807) is 0 Å². The number of rotatable bonds is 3. The monoisotopic (exact) mass is 297 g/mol. The summed E-state index contributed by atoms with van der Waals surface area (Å²) in [4.78, 5) is 0. The summed E-state index contributed by atoms with van der Waals surface area (Å²) >= 11 is 3.50. The van der Waals surface area contributed by atoms with Gasteiger partial charge in [-0.3, -0.25) is 0 Å². The van der Waals surface area contributed by atoms with Gasteiger partial charge in [-0.05, 0) is 37.1 Å². The number of nitrogens with two attached hydrogens (primary N) is 1. The number of hydrogen-bond donors (Lipinski definition) is 1. The number of halogens is 1. The summed E-state index contributed by atoms with van der Waals surface area (Å²) in [5.41, 5.74) is 7.40. The SMILES string of the molecule is CCC1(C)C(N)CC1Oc1ccc(Br)c(C)c1. The molecule has 0 aromatic heterocycles. The average Bonchev–Trinajstić information content (AvgIpc) is 2.32. The lowest BCUT2D eigenvalue weighted by molar-refractivity contribution is -0.0560. The third-order valence-electron chi connectivity index (χ3n) is 4.22. The standard InChI is InChI=1S/C14H20BrNO/c1-4-14(3)12(16)8-13(14)17-10-5-6-11(15)9(2)7-10/h5-7,12-13H,4,8,16H2,1-3H3. The molecule has 1 aliphatic rings. The highest BCUT2D eigenvalue weighted by molar-refractivity contribution is 9.10. The van der Waals surface area contributed by atoms with E-state index in [9.17, 15) is 0 Å². The zero-order valence-corrected chi connectivity index (χ0v) is 12.3. The second kappa shape index (κ2) is 4.62. The van der Waals surface area contributed by atoms with Gasteiger partial charge in [0.25, 0.3) is 0 Å². The highest BCUT2D eigenvalue weighted by Gasteiger charge is 2.50. The van der Waals surface area contributed by atoms with Gasteiger partial charge in [0.2, 0.25) is 0 Å². The van der Waals surface area contributed by atoms with Crippen LogP contribution in [0.4, 0.5) is 0 Å². The lowest BCUT2D eigenvalue weighted by Gasteiger charge is -2.51. The van der Waals surface area contributed by atoms with Crippen LogP contribution in [0.15, 0.2) is 22.7 Å². The molecule has 1 saturated carbocycles. The minimum absolute atomic E-state index is 0.126. The van der Waals surface area contributed by atoms with Gasteiger partial charge in [0, 0.05) is 22.4 Å². The van der Waals surface area contributed by atoms with E-state index in [1.807, 2.05) is 12.1 Å². The second-order valence-electron chi connectivity index (χ2n) is 5.22. The summed E-state index contributed by atoms with van der Waals surface area (Å²) in [7, 11) is 0. The first-order chi connectivity index (χ1) is 7.97. The van der Waals surface area contributed by atoms with Crippen LogP contribution in [-0.2, 0) is 0 Å². The minimum atomic E-state index is 0.126. The number of aryl methyl sites for hydroxylation is 1. The molecule has 17 heavy (non-hydrogen) atoms. The van der Waals surface area contributed by atoms with Gasteiger partial charge in [-0.15, -0.1) is 0 Å². The summed E-state index contributed by atoms with van der Waals surface area (Å²) in [6.07, 6.45) is 2.27. The van der Waals surface area contributed by atoms with Crippen LogP contribution >= 0.6 is 15.9 Å². The van der Waals surface area contributed by atoms with Gasteiger partial charge >= 0.3 is 0 Å². The molecule has 3 heteroatoms. The van der Waals surface area contributed by atoms with E-state index in [4.69, 9.17) is 10.5 Å². The van der Waals surface area contributed by atoms with Gasteiger partial charge in [0.15, 0.2) is 0 Å². The fourth-order valence-corrected chi connectivity index (χ4v) is 2.62. The maximum Gasteiger partial charge on any atom is 0.120 e. The Hall–Kier alpha value is -0.540. The van der Waals surface area contributed by atoms with Crippen molar-refractivity contribution in [1.29, 1.82) is 0 Å². The van der Waals surface area contributed by atoms with Gasteiger partial charge in [-0.1, -0.05) is 29.8 Å². The predicted octanol–water partition coefficient (Wildman–Crippen LogP) is 3.65. The van der Waals surface area contributed by atoms with E-state index in [0.717, 1.165) is 23.1 Å². The Bertz CT molecular complexity index is 421. The largest absolute Gasteiger partial charge is 0.490 e. The van der Waals surface area contributed by atoms with Crippen molar-refractivity contribution in [2.75, 3.05) is 0 Å². The van der Waals surface area contributed by atoms with Gasteiger partial charge in [0.05, 0.1) is 0 Å². The van der Waals surface area contributed by atoms with Crippen LogP contribution in [-0.4, -0.2) is 12.1 Å². The Balaban J connectivity index is 2.09. The van der Waals surface area contributed by atoms with Crippen LogP contribution in [0.3, 0.4) is 0 Å². The van der Waals surface area contributed by atoms with Crippen molar-refractivity contribution in [1.82, 2.24) is 0 Å². The summed E-state index contributed by atoms with van der Waals surface area (Å²) in [6, 6.07) is 6.39. The topological polar surface area (TPSA) is 35.2 Å². The summed E-state index contributed by atoms with van der Waals surface area (Å²) in [5, 5.41) is 0. The van der Waals surface area contributed by atoms with Crippen LogP contribution in [0.25, 0.3) is 0 Å². The Morgan fingerprint density at radius 1 is 1.53 bits per heavy atom. The fourth-order valence-electron chi connectivity index (χ4n) is 2.37. The van der Waals surface area contributed by atoms with Gasteiger partial charge in [0.1, 0.15) is 11.9 Å². The smallest absolute Gasteiger partial charge is 0.120 e. The molecular weight excluding hydrogens is 278 g/mol. The third-order valence-corrected chi connectivity index (χ3v) is 5.11. The molecule has 0 amide bonds. The van der Waals surface area contributed by atoms with E-state index in [1.165, 1.54) is 5.56 Å². The molecule has 94 valence electrons. The zero-order chi connectivity index (χ0) is 12.6. The van der Waals surface area contributed by atoms with Crippen LogP contribution in [0.1, 0.15) is 32.3 Å². The Morgan fingerprint density at radius 2 is 2.24 bits per heavy atom. The second-order valence-corrected chi connectivity index (χ2v) is 6.07. The molecule has 0 aliphatic heterocycles. The molecular formula is C14H20BrNO. The zero-order valence-electron chi connectivity index (χ0n) is 10.7. The first-order valence-electron chi connectivity index (χ1n) is 6.15. The molecule has 0 spiro atoms. The van der Waals surface area contributed by atoms with Crippen molar-refractivity contribution in [3.63, 3.8) is 0 Å². The molecule has 1 fully saturated rings. The van der Waals surface area contributed by atoms with Crippen LogP contribution < -0.4 is 10.5 Å². The molecule has 0 bridgehead atoms. The molecule has 1 aliphatic carbocycles. The fraction of sp³-hybridized carbons (Fsp3) is 0.571. The molecule has 2 rings (SSSR count). The van der Waals surface area contributed by atoms with Gasteiger partial charge in [-0.2, -0.15) is 0 Å². The third kappa shape index (κ3) is 2.23. The van der Waals surface area contributed by atoms with E-state index >= 15 is 0 Å². The Kier molecular flexibility index (Phi) is 3.50. The number of benzene rings is 1. The van der Waals surface area contributed by atoms with Crippen molar-refractivity contribution >= 4 is 15.9 Å². The number of hydrogen-bond acceptors (Lipinski definition) is 2. The van der Waals surface area contributed by atoms with Crippen molar-refractivity contribution in [3.05, 3.63) is 28.2 Å². The summed E-state index contributed by atoms with van der Waals surface area (Å²) in [6.45, 7) is 6.47. The predicted molar refractivity (Wildman–Crippen MR) is 74.3 cm³/mol. The van der Waals surface area contributed by atoms with Crippen molar-refractivity contribution in [2.45, 2.75) is 45.8 Å². The highest BCUT2D eigenvalue weighted by Crippen LogP contribution is 2.44. The van der Waals surface area contributed by atoms with E-state index in [-0.39, 0.29) is 17.6 Å². The molecule has 2 N–H and O–H groups in total. The molecule has 3 unspecified atom stereocenters. The van der Waals surface area contributed by atoms with Crippen LogP contribution in [0.2, 0.25) is 0 Å². The first kappa shape index (κ1) is 12.9.